The average Bonchev–Trinajstić information content (AvgIpc) is 2.94. The number of benzene rings is 3. The highest BCUT2D eigenvalue weighted by atomic mass is 32.2. The van der Waals surface area contributed by atoms with Gasteiger partial charge in [-0.3, -0.25) is 14.3 Å². The van der Waals surface area contributed by atoms with Crippen molar-refractivity contribution in [2.75, 3.05) is 24.6 Å². The van der Waals surface area contributed by atoms with Gasteiger partial charge in [0, 0.05) is 19.3 Å². The van der Waals surface area contributed by atoms with Gasteiger partial charge in [0.05, 0.1) is 30.4 Å². The van der Waals surface area contributed by atoms with Gasteiger partial charge in [-0.05, 0) is 47.7 Å². The van der Waals surface area contributed by atoms with Gasteiger partial charge in [0.25, 0.3) is 5.91 Å². The minimum absolute atomic E-state index is 0.0944. The molecule has 0 spiro atoms. The number of ether oxygens (including phenoxy) is 2. The summed E-state index contributed by atoms with van der Waals surface area (Å²) in [5.74, 6) is -0.0148. The number of hydrogen-bond acceptors (Lipinski definition) is 6. The molecule has 40 heavy (non-hydrogen) atoms. The van der Waals surface area contributed by atoms with Crippen molar-refractivity contribution < 1.29 is 27.5 Å². The van der Waals surface area contributed by atoms with Gasteiger partial charge in [-0.25, -0.2) is 8.42 Å². The zero-order chi connectivity index (χ0) is 28.3. The molecule has 2 amide bonds. The molecule has 0 bridgehead atoms. The summed E-state index contributed by atoms with van der Waals surface area (Å²) in [6, 6.07) is 22.7. The maximum absolute atomic E-state index is 13.3. The first kappa shape index (κ1) is 27.7. The number of fused-ring (bicyclic) bond motifs is 2. The molecule has 1 saturated heterocycles. The number of sulfonamides is 1. The van der Waals surface area contributed by atoms with E-state index in [2.05, 4.69) is 34.3 Å². The Bertz CT molecular complexity index is 1480. The van der Waals surface area contributed by atoms with E-state index in [1.807, 2.05) is 30.3 Å². The van der Waals surface area contributed by atoms with Gasteiger partial charge in [-0.15, -0.1) is 0 Å². The van der Waals surface area contributed by atoms with Gasteiger partial charge in [-0.1, -0.05) is 54.6 Å². The topological polar surface area (TPSA) is 114 Å². The summed E-state index contributed by atoms with van der Waals surface area (Å²) >= 11 is 0. The molecule has 2 N–H and O–H groups in total. The molecular formula is C30H33N3O6S. The lowest BCUT2D eigenvalue weighted by Crippen LogP contribution is -2.53. The molecule has 2 aliphatic heterocycles. The van der Waals surface area contributed by atoms with Crippen LogP contribution in [0.2, 0.25) is 0 Å². The quantitative estimate of drug-likeness (QED) is 0.452. The van der Waals surface area contributed by atoms with Crippen LogP contribution in [0.1, 0.15) is 35.2 Å². The first-order chi connectivity index (χ1) is 19.2. The number of carbonyl (C=O) groups excluding carboxylic acids is 2. The summed E-state index contributed by atoms with van der Waals surface area (Å²) in [7, 11) is -1.77. The van der Waals surface area contributed by atoms with E-state index in [0.29, 0.717) is 30.8 Å². The Balaban J connectivity index is 1.17. The molecule has 10 heteroatoms. The van der Waals surface area contributed by atoms with Gasteiger partial charge < -0.3 is 19.7 Å². The third-order valence-electron chi connectivity index (χ3n) is 7.28. The van der Waals surface area contributed by atoms with Crippen LogP contribution in [-0.2, 0) is 26.1 Å². The molecule has 0 radical (unpaired) electrons. The third-order valence-corrected chi connectivity index (χ3v) is 7.89. The molecule has 0 aliphatic carbocycles. The fourth-order valence-electron chi connectivity index (χ4n) is 5.23. The zero-order valence-electron chi connectivity index (χ0n) is 22.5. The number of likely N-dealkylation sites (N-methyl/N-ethyl adjacent to an activating group) is 1. The molecule has 3 aromatic carbocycles. The molecule has 3 atom stereocenters. The van der Waals surface area contributed by atoms with E-state index in [-0.39, 0.29) is 42.6 Å². The smallest absolute Gasteiger partial charge is 0.257 e. The van der Waals surface area contributed by atoms with Crippen molar-refractivity contribution in [1.82, 2.24) is 10.2 Å². The Morgan fingerprint density at radius 1 is 1.00 bits per heavy atom. The first-order valence-corrected chi connectivity index (χ1v) is 15.1. The highest BCUT2D eigenvalue weighted by Gasteiger charge is 2.39. The molecule has 2 aliphatic rings. The second kappa shape index (κ2) is 11.7. The summed E-state index contributed by atoms with van der Waals surface area (Å²) in [5, 5.41) is 2.99. The van der Waals surface area contributed by atoms with Crippen LogP contribution in [0.5, 0.6) is 5.75 Å². The van der Waals surface area contributed by atoms with Crippen molar-refractivity contribution >= 4 is 27.5 Å². The third kappa shape index (κ3) is 6.63. The molecule has 0 aromatic heterocycles. The van der Waals surface area contributed by atoms with E-state index in [9.17, 15) is 18.0 Å². The van der Waals surface area contributed by atoms with E-state index in [4.69, 9.17) is 9.47 Å². The van der Waals surface area contributed by atoms with Crippen LogP contribution in [-0.4, -0.2) is 63.3 Å². The monoisotopic (exact) mass is 563 g/mol. The van der Waals surface area contributed by atoms with Crippen LogP contribution < -0.4 is 14.8 Å². The van der Waals surface area contributed by atoms with Crippen molar-refractivity contribution in [3.63, 3.8) is 0 Å². The molecule has 9 nitrogen and oxygen atoms in total. The Morgan fingerprint density at radius 2 is 1.73 bits per heavy atom. The Kier molecular flexibility index (Phi) is 8.09. The summed E-state index contributed by atoms with van der Waals surface area (Å²) in [5.41, 5.74) is 3.86. The summed E-state index contributed by atoms with van der Waals surface area (Å²) in [4.78, 5) is 27.7. The second-order valence-electron chi connectivity index (χ2n) is 10.3. The van der Waals surface area contributed by atoms with Gasteiger partial charge in [0.1, 0.15) is 18.5 Å². The summed E-state index contributed by atoms with van der Waals surface area (Å²) < 4.78 is 37.9. The molecule has 210 valence electrons. The van der Waals surface area contributed by atoms with E-state index in [0.717, 1.165) is 22.9 Å². The number of amides is 2. The van der Waals surface area contributed by atoms with Crippen LogP contribution in [0, 0.1) is 0 Å². The van der Waals surface area contributed by atoms with Crippen molar-refractivity contribution in [1.29, 1.82) is 0 Å². The average molecular weight is 564 g/mol. The number of nitrogens with one attached hydrogen (secondary N) is 2. The van der Waals surface area contributed by atoms with Crippen molar-refractivity contribution in [2.24, 2.45) is 0 Å². The van der Waals surface area contributed by atoms with Gasteiger partial charge in [0.15, 0.2) is 0 Å². The van der Waals surface area contributed by atoms with Crippen LogP contribution in [0.3, 0.4) is 0 Å². The molecular weight excluding hydrogens is 530 g/mol. The van der Waals surface area contributed by atoms with Crippen LogP contribution >= 0.6 is 0 Å². The lowest BCUT2D eigenvalue weighted by Gasteiger charge is -2.42. The number of nitrogens with zero attached hydrogens (tertiary/aromatic N) is 1. The standard InChI is InChI=1S/C30H33N3O6S/c1-33-26-14-13-24(17-29(34)31-18-20-8-10-22(11-9-20)21-6-4-3-5-7-21)39-28(26)19-38-27-15-12-23(32-40(2,36)37)16-25(27)30(33)35/h3-12,15-16,24,26,28,32H,13-14,17-19H2,1-2H3,(H,31,34)/t24-,26-,28-/m0/s1. The molecule has 0 saturated carbocycles. The van der Waals surface area contributed by atoms with Crippen LogP contribution in [0.4, 0.5) is 5.69 Å². The summed E-state index contributed by atoms with van der Waals surface area (Å²) in [6.07, 6.45) is 1.88. The Morgan fingerprint density at radius 3 is 2.45 bits per heavy atom. The first-order valence-electron chi connectivity index (χ1n) is 13.2. The highest BCUT2D eigenvalue weighted by molar-refractivity contribution is 7.92. The molecule has 2 heterocycles. The SMILES string of the molecule is CN1C(=O)c2cc(NS(C)(=O)=O)ccc2OC[C@@H]2O[C@H](CC(=O)NCc3ccc(-c4ccccc4)cc3)CC[C@@H]21. The van der Waals surface area contributed by atoms with Gasteiger partial charge >= 0.3 is 0 Å². The fourth-order valence-corrected chi connectivity index (χ4v) is 5.79. The van der Waals surface area contributed by atoms with Gasteiger partial charge in [0.2, 0.25) is 15.9 Å². The zero-order valence-corrected chi connectivity index (χ0v) is 23.3. The van der Waals surface area contributed by atoms with E-state index < -0.39 is 16.1 Å². The Labute approximate surface area is 234 Å². The minimum atomic E-state index is -3.49. The highest BCUT2D eigenvalue weighted by Crippen LogP contribution is 2.32. The normalized spacial score (nSPS) is 20.8. The predicted molar refractivity (Wildman–Crippen MR) is 153 cm³/mol. The van der Waals surface area contributed by atoms with Crippen molar-refractivity contribution in [2.45, 2.75) is 44.1 Å². The molecule has 1 fully saturated rings. The van der Waals surface area contributed by atoms with Crippen LogP contribution in [0.25, 0.3) is 11.1 Å². The predicted octanol–water partition coefficient (Wildman–Crippen LogP) is 3.81. The van der Waals surface area contributed by atoms with E-state index in [1.165, 1.54) is 6.07 Å². The number of hydrogen-bond donors (Lipinski definition) is 2. The van der Waals surface area contributed by atoms with Crippen molar-refractivity contribution in [3.8, 4) is 16.9 Å². The molecule has 5 rings (SSSR count). The largest absolute Gasteiger partial charge is 0.490 e. The van der Waals surface area contributed by atoms with Crippen molar-refractivity contribution in [3.05, 3.63) is 83.9 Å². The fraction of sp³-hybridized carbons (Fsp3) is 0.333. The lowest BCUT2D eigenvalue weighted by molar-refractivity contribution is -0.134. The molecule has 3 aromatic rings. The summed E-state index contributed by atoms with van der Waals surface area (Å²) in [6.45, 7) is 0.639. The van der Waals surface area contributed by atoms with E-state index in [1.54, 1.807) is 24.1 Å². The maximum Gasteiger partial charge on any atom is 0.257 e. The maximum atomic E-state index is 13.3. The van der Waals surface area contributed by atoms with E-state index >= 15 is 0 Å². The second-order valence-corrected chi connectivity index (χ2v) is 12.0. The number of carbonyl (C=O) groups is 2. The molecule has 0 unspecified atom stereocenters. The van der Waals surface area contributed by atoms with Crippen LogP contribution in [0.15, 0.2) is 72.8 Å². The Hall–Kier alpha value is -3.89. The number of anilines is 1. The minimum Gasteiger partial charge on any atom is -0.490 e. The lowest BCUT2D eigenvalue weighted by atomic mass is 9.94. The van der Waals surface area contributed by atoms with Gasteiger partial charge in [-0.2, -0.15) is 0 Å². The number of rotatable bonds is 7.